The van der Waals surface area contributed by atoms with Gasteiger partial charge in [0.1, 0.15) is 5.82 Å². The molecule has 128 valence electrons. The summed E-state index contributed by atoms with van der Waals surface area (Å²) >= 11 is 0. The summed E-state index contributed by atoms with van der Waals surface area (Å²) in [6.07, 6.45) is 5.72. The first-order chi connectivity index (χ1) is 11.6. The number of carbonyl (C=O) groups is 1. The molecule has 0 bridgehead atoms. The average Bonchev–Trinajstić information content (AvgIpc) is 3.02. The van der Waals surface area contributed by atoms with E-state index in [0.717, 1.165) is 38.3 Å². The highest BCUT2D eigenvalue weighted by molar-refractivity contribution is 5.81. The summed E-state index contributed by atoms with van der Waals surface area (Å²) in [7, 11) is 0. The number of carbonyl (C=O) groups excluding carboxylic acids is 1. The van der Waals surface area contributed by atoms with Crippen LogP contribution in [0.5, 0.6) is 0 Å². The average molecular weight is 326 g/mol. The highest BCUT2D eigenvalue weighted by Crippen LogP contribution is 2.20. The normalized spacial score (nSPS) is 15.8. The molecule has 0 aliphatic carbocycles. The molecular weight excluding hydrogens is 300 g/mol. The molecule has 2 heterocycles. The van der Waals surface area contributed by atoms with Gasteiger partial charge in [-0.2, -0.15) is 0 Å². The number of nitrogens with zero attached hydrogens (tertiary/aromatic N) is 3. The summed E-state index contributed by atoms with van der Waals surface area (Å²) in [6.45, 7) is 7.39. The van der Waals surface area contributed by atoms with Crippen molar-refractivity contribution in [2.24, 2.45) is 0 Å². The molecule has 3 rings (SSSR count). The first-order valence-corrected chi connectivity index (χ1v) is 8.71. The summed E-state index contributed by atoms with van der Waals surface area (Å²) in [5.74, 6) is 1.14. The highest BCUT2D eigenvalue weighted by atomic mass is 16.2. The molecule has 0 unspecified atom stereocenters. The Morgan fingerprint density at radius 3 is 2.88 bits per heavy atom. The molecule has 1 aromatic carbocycles. The lowest BCUT2D eigenvalue weighted by molar-refractivity contribution is -0.126. The number of aryl methyl sites for hydroxylation is 2. The van der Waals surface area contributed by atoms with Crippen molar-refractivity contribution in [3.63, 3.8) is 0 Å². The molecule has 1 atom stereocenters. The number of amides is 1. The standard InChI is InChI=1S/C19H26N4O/c1-15(23-12-8-17-6-3-4-7-18(17)14-23)19(24)21-9-5-11-22-13-10-20-16(22)2/h3-4,6-7,10,13,15H,5,8-9,11-12,14H2,1-2H3,(H,21,24)/t15-/m0/s1. The maximum atomic E-state index is 12.4. The molecule has 24 heavy (non-hydrogen) atoms. The van der Waals surface area contributed by atoms with Crippen LogP contribution in [-0.4, -0.2) is 39.5 Å². The number of aromatic nitrogens is 2. The van der Waals surface area contributed by atoms with Gasteiger partial charge in [-0.1, -0.05) is 24.3 Å². The summed E-state index contributed by atoms with van der Waals surface area (Å²) in [6, 6.07) is 8.43. The van der Waals surface area contributed by atoms with Crippen molar-refractivity contribution in [1.82, 2.24) is 19.8 Å². The van der Waals surface area contributed by atoms with Gasteiger partial charge in [0.2, 0.25) is 5.91 Å². The zero-order valence-electron chi connectivity index (χ0n) is 14.5. The molecular formula is C19H26N4O. The van der Waals surface area contributed by atoms with E-state index in [9.17, 15) is 4.79 Å². The van der Waals surface area contributed by atoms with E-state index in [4.69, 9.17) is 0 Å². The summed E-state index contributed by atoms with van der Waals surface area (Å²) in [4.78, 5) is 18.9. The predicted octanol–water partition coefficient (Wildman–Crippen LogP) is 2.14. The zero-order valence-corrected chi connectivity index (χ0v) is 14.5. The number of nitrogens with one attached hydrogen (secondary N) is 1. The van der Waals surface area contributed by atoms with Gasteiger partial charge in [0.25, 0.3) is 0 Å². The quantitative estimate of drug-likeness (QED) is 0.828. The summed E-state index contributed by atoms with van der Waals surface area (Å²) in [5, 5.41) is 3.07. The number of benzene rings is 1. The third-order valence-corrected chi connectivity index (χ3v) is 4.89. The Morgan fingerprint density at radius 2 is 2.12 bits per heavy atom. The fraction of sp³-hybridized carbons (Fsp3) is 0.474. The number of hydrogen-bond donors (Lipinski definition) is 1. The lowest BCUT2D eigenvalue weighted by Gasteiger charge is -2.32. The third kappa shape index (κ3) is 3.85. The molecule has 5 heteroatoms. The lowest BCUT2D eigenvalue weighted by Crippen LogP contribution is -2.47. The number of imidazole rings is 1. The molecule has 0 saturated heterocycles. The van der Waals surface area contributed by atoms with E-state index >= 15 is 0 Å². The van der Waals surface area contributed by atoms with E-state index in [1.165, 1.54) is 11.1 Å². The predicted molar refractivity (Wildman–Crippen MR) is 94.6 cm³/mol. The molecule has 1 aromatic heterocycles. The first kappa shape index (κ1) is 16.7. The molecule has 2 aromatic rings. The molecule has 1 N–H and O–H groups in total. The van der Waals surface area contributed by atoms with Crippen LogP contribution in [-0.2, 0) is 24.3 Å². The van der Waals surface area contributed by atoms with Crippen molar-refractivity contribution in [2.75, 3.05) is 13.1 Å². The minimum absolute atomic E-state index is 0.0895. The van der Waals surface area contributed by atoms with Gasteiger partial charge in [-0.3, -0.25) is 9.69 Å². The van der Waals surface area contributed by atoms with Crippen molar-refractivity contribution in [1.29, 1.82) is 0 Å². The Hall–Kier alpha value is -2.14. The summed E-state index contributed by atoms with van der Waals surface area (Å²) < 4.78 is 2.11. The molecule has 1 aliphatic rings. The topological polar surface area (TPSA) is 50.2 Å². The van der Waals surface area contributed by atoms with Gasteiger partial charge in [-0.05, 0) is 37.8 Å². The molecule has 0 fully saturated rings. The highest BCUT2D eigenvalue weighted by Gasteiger charge is 2.24. The fourth-order valence-electron chi connectivity index (χ4n) is 3.26. The van der Waals surface area contributed by atoms with Crippen molar-refractivity contribution in [2.45, 2.75) is 45.8 Å². The van der Waals surface area contributed by atoms with Crippen molar-refractivity contribution < 1.29 is 4.79 Å². The number of fused-ring (bicyclic) bond motifs is 1. The van der Waals surface area contributed by atoms with E-state index in [-0.39, 0.29) is 11.9 Å². The van der Waals surface area contributed by atoms with Gasteiger partial charge in [-0.15, -0.1) is 0 Å². The van der Waals surface area contributed by atoms with E-state index in [1.807, 2.05) is 26.2 Å². The minimum atomic E-state index is -0.0895. The van der Waals surface area contributed by atoms with Gasteiger partial charge in [0.05, 0.1) is 6.04 Å². The second-order valence-electron chi connectivity index (χ2n) is 6.48. The number of rotatable bonds is 6. The monoisotopic (exact) mass is 326 g/mol. The van der Waals surface area contributed by atoms with Gasteiger partial charge in [-0.25, -0.2) is 4.98 Å². The van der Waals surface area contributed by atoms with Crippen LogP contribution in [0.1, 0.15) is 30.3 Å². The van der Waals surface area contributed by atoms with Crippen LogP contribution < -0.4 is 5.32 Å². The van der Waals surface area contributed by atoms with Crippen LogP contribution in [0.15, 0.2) is 36.7 Å². The SMILES string of the molecule is Cc1nccn1CCCNC(=O)[C@H](C)N1CCc2ccccc2C1. The smallest absolute Gasteiger partial charge is 0.237 e. The van der Waals surface area contributed by atoms with E-state index < -0.39 is 0 Å². The van der Waals surface area contributed by atoms with E-state index in [0.29, 0.717) is 6.54 Å². The second kappa shape index (κ2) is 7.62. The molecule has 5 nitrogen and oxygen atoms in total. The van der Waals surface area contributed by atoms with Gasteiger partial charge >= 0.3 is 0 Å². The van der Waals surface area contributed by atoms with Crippen LogP contribution in [0.4, 0.5) is 0 Å². The Kier molecular flexibility index (Phi) is 5.30. The van der Waals surface area contributed by atoms with Crippen molar-refractivity contribution in [3.8, 4) is 0 Å². The fourth-order valence-corrected chi connectivity index (χ4v) is 3.26. The van der Waals surface area contributed by atoms with Crippen LogP contribution in [0.25, 0.3) is 0 Å². The summed E-state index contributed by atoms with van der Waals surface area (Å²) in [5.41, 5.74) is 2.76. The maximum Gasteiger partial charge on any atom is 0.237 e. The van der Waals surface area contributed by atoms with Crippen LogP contribution >= 0.6 is 0 Å². The lowest BCUT2D eigenvalue weighted by atomic mass is 9.99. The molecule has 1 amide bonds. The third-order valence-electron chi connectivity index (χ3n) is 4.89. The zero-order chi connectivity index (χ0) is 16.9. The van der Waals surface area contributed by atoms with Gasteiger partial charge in [0, 0.05) is 38.6 Å². The Labute approximate surface area is 143 Å². The maximum absolute atomic E-state index is 12.4. The Bertz CT molecular complexity index is 694. The largest absolute Gasteiger partial charge is 0.355 e. The van der Waals surface area contributed by atoms with Gasteiger partial charge in [0.15, 0.2) is 0 Å². The van der Waals surface area contributed by atoms with Gasteiger partial charge < -0.3 is 9.88 Å². The molecule has 1 aliphatic heterocycles. The van der Waals surface area contributed by atoms with E-state index in [2.05, 4.69) is 44.0 Å². The first-order valence-electron chi connectivity index (χ1n) is 8.71. The Balaban J connectivity index is 1.44. The van der Waals surface area contributed by atoms with E-state index in [1.54, 1.807) is 0 Å². The molecule has 0 saturated carbocycles. The van der Waals surface area contributed by atoms with Crippen molar-refractivity contribution in [3.05, 3.63) is 53.6 Å². The number of hydrogen-bond acceptors (Lipinski definition) is 3. The Morgan fingerprint density at radius 1 is 1.33 bits per heavy atom. The minimum Gasteiger partial charge on any atom is -0.355 e. The molecule has 0 radical (unpaired) electrons. The van der Waals surface area contributed by atoms with Crippen LogP contribution in [0, 0.1) is 6.92 Å². The second-order valence-corrected chi connectivity index (χ2v) is 6.48. The molecule has 0 spiro atoms. The van der Waals surface area contributed by atoms with Crippen molar-refractivity contribution >= 4 is 5.91 Å². The van der Waals surface area contributed by atoms with Crippen LogP contribution in [0.3, 0.4) is 0 Å². The van der Waals surface area contributed by atoms with Crippen LogP contribution in [0.2, 0.25) is 0 Å².